The molecule has 0 fully saturated rings. The number of halogens is 3. The first-order valence-electron chi connectivity index (χ1n) is 6.12. The predicted molar refractivity (Wildman–Crippen MR) is 79.5 cm³/mol. The largest absolute Gasteiger partial charge is 0.379 e. The van der Waals surface area contributed by atoms with Gasteiger partial charge in [0.1, 0.15) is 11.6 Å². The number of nitrogens with one attached hydrogen (secondary N) is 1. The maximum Gasteiger partial charge on any atom is 0.128 e. The zero-order chi connectivity index (χ0) is 14.7. The van der Waals surface area contributed by atoms with Crippen LogP contribution in [0.25, 0.3) is 0 Å². The lowest BCUT2D eigenvalue weighted by atomic mass is 10.2. The summed E-state index contributed by atoms with van der Waals surface area (Å²) in [6, 6.07) is 8.81. The number of benzene rings is 2. The first-order chi connectivity index (χ1) is 9.47. The Bertz CT molecular complexity index is 615. The van der Waals surface area contributed by atoms with Crippen LogP contribution in [0.2, 0.25) is 5.02 Å². The van der Waals surface area contributed by atoms with Gasteiger partial charge in [-0.25, -0.2) is 8.78 Å². The number of anilines is 2. The Kier molecular flexibility index (Phi) is 4.45. The average Bonchev–Trinajstić information content (AvgIpc) is 2.39. The van der Waals surface area contributed by atoms with Crippen LogP contribution in [0.5, 0.6) is 0 Å². The van der Waals surface area contributed by atoms with Crippen molar-refractivity contribution < 1.29 is 8.78 Å². The second-order valence-electron chi connectivity index (χ2n) is 4.65. The van der Waals surface area contributed by atoms with E-state index < -0.39 is 11.6 Å². The second kappa shape index (κ2) is 6.09. The van der Waals surface area contributed by atoms with Crippen molar-refractivity contribution >= 4 is 23.0 Å². The van der Waals surface area contributed by atoms with Crippen molar-refractivity contribution in [3.63, 3.8) is 0 Å². The van der Waals surface area contributed by atoms with E-state index in [0.717, 1.165) is 23.5 Å². The molecule has 0 saturated heterocycles. The van der Waals surface area contributed by atoms with E-state index >= 15 is 0 Å². The van der Waals surface area contributed by atoms with Gasteiger partial charge in [-0.15, -0.1) is 0 Å². The molecule has 0 aliphatic rings. The minimum Gasteiger partial charge on any atom is -0.379 e. The third-order valence-corrected chi connectivity index (χ3v) is 3.15. The van der Waals surface area contributed by atoms with Crippen LogP contribution in [0.15, 0.2) is 36.4 Å². The van der Waals surface area contributed by atoms with Crippen molar-refractivity contribution in [3.05, 3.63) is 58.6 Å². The molecular weight excluding hydrogens is 282 g/mol. The maximum atomic E-state index is 13.6. The summed E-state index contributed by atoms with van der Waals surface area (Å²) in [7, 11) is 3.80. The fourth-order valence-electron chi connectivity index (χ4n) is 1.91. The van der Waals surface area contributed by atoms with Gasteiger partial charge in [-0.2, -0.15) is 0 Å². The predicted octanol–water partition coefficient (Wildman–Crippen LogP) is 4.30. The summed E-state index contributed by atoms with van der Waals surface area (Å²) in [6.07, 6.45) is 0. The SMILES string of the molecule is CN(C)c1ccc(Cl)cc1NCc1cc(F)ccc1F. The molecule has 0 aromatic heterocycles. The molecule has 2 aromatic carbocycles. The van der Waals surface area contributed by atoms with E-state index in [-0.39, 0.29) is 12.1 Å². The molecule has 0 saturated carbocycles. The standard InChI is InChI=1S/C15H15ClF2N2/c1-20(2)15-6-3-11(16)8-14(15)19-9-10-7-12(17)4-5-13(10)18/h3-8,19H,9H2,1-2H3. The highest BCUT2D eigenvalue weighted by atomic mass is 35.5. The van der Waals surface area contributed by atoms with Crippen molar-refractivity contribution in [1.29, 1.82) is 0 Å². The lowest BCUT2D eigenvalue weighted by Crippen LogP contribution is -2.12. The lowest BCUT2D eigenvalue weighted by Gasteiger charge is -2.19. The molecule has 2 aromatic rings. The number of rotatable bonds is 4. The third-order valence-electron chi connectivity index (χ3n) is 2.92. The Balaban J connectivity index is 2.22. The first kappa shape index (κ1) is 14.6. The van der Waals surface area contributed by atoms with E-state index in [0.29, 0.717) is 5.02 Å². The van der Waals surface area contributed by atoms with Crippen LogP contribution in [0.1, 0.15) is 5.56 Å². The van der Waals surface area contributed by atoms with Crippen LogP contribution >= 0.6 is 11.6 Å². The third kappa shape index (κ3) is 3.39. The van der Waals surface area contributed by atoms with Gasteiger partial charge in [0.2, 0.25) is 0 Å². The molecule has 0 spiro atoms. The van der Waals surface area contributed by atoms with Gasteiger partial charge in [-0.3, -0.25) is 0 Å². The monoisotopic (exact) mass is 296 g/mol. The number of nitrogens with zero attached hydrogens (tertiary/aromatic N) is 1. The summed E-state index contributed by atoms with van der Waals surface area (Å²) < 4.78 is 26.7. The molecule has 0 aliphatic heterocycles. The summed E-state index contributed by atoms with van der Waals surface area (Å²) in [4.78, 5) is 1.92. The molecule has 0 atom stereocenters. The topological polar surface area (TPSA) is 15.3 Å². The fraction of sp³-hybridized carbons (Fsp3) is 0.200. The highest BCUT2D eigenvalue weighted by Gasteiger charge is 2.08. The van der Waals surface area contributed by atoms with Crippen molar-refractivity contribution in [2.24, 2.45) is 0 Å². The highest BCUT2D eigenvalue weighted by Crippen LogP contribution is 2.28. The van der Waals surface area contributed by atoms with Crippen molar-refractivity contribution in [2.45, 2.75) is 6.54 Å². The minimum absolute atomic E-state index is 0.185. The van der Waals surface area contributed by atoms with Crippen LogP contribution in [-0.2, 0) is 6.54 Å². The molecule has 5 heteroatoms. The molecule has 20 heavy (non-hydrogen) atoms. The Hall–Kier alpha value is -1.81. The molecular formula is C15H15ClF2N2. The Morgan fingerprint density at radius 3 is 2.55 bits per heavy atom. The Labute approximate surface area is 122 Å². The summed E-state index contributed by atoms with van der Waals surface area (Å²) in [6.45, 7) is 0.185. The van der Waals surface area contributed by atoms with Gasteiger partial charge in [0.15, 0.2) is 0 Å². The van der Waals surface area contributed by atoms with Gasteiger partial charge in [0.25, 0.3) is 0 Å². The van der Waals surface area contributed by atoms with Gasteiger partial charge < -0.3 is 10.2 Å². The van der Waals surface area contributed by atoms with Crippen LogP contribution in [0, 0.1) is 11.6 Å². The van der Waals surface area contributed by atoms with Gasteiger partial charge in [-0.05, 0) is 36.4 Å². The van der Waals surface area contributed by atoms with Gasteiger partial charge in [0, 0.05) is 31.2 Å². The number of hydrogen-bond acceptors (Lipinski definition) is 2. The quantitative estimate of drug-likeness (QED) is 0.905. The van der Waals surface area contributed by atoms with Crippen molar-refractivity contribution in [1.82, 2.24) is 0 Å². The van der Waals surface area contributed by atoms with Crippen molar-refractivity contribution in [2.75, 3.05) is 24.3 Å². The van der Waals surface area contributed by atoms with Gasteiger partial charge in [-0.1, -0.05) is 11.6 Å². The lowest BCUT2D eigenvalue weighted by molar-refractivity contribution is 0.587. The van der Waals surface area contributed by atoms with E-state index in [1.54, 1.807) is 12.1 Å². The molecule has 0 aliphatic carbocycles. The van der Waals surface area contributed by atoms with Crippen molar-refractivity contribution in [3.8, 4) is 0 Å². The van der Waals surface area contributed by atoms with E-state index in [1.165, 1.54) is 6.07 Å². The molecule has 2 nitrogen and oxygen atoms in total. The summed E-state index contributed by atoms with van der Waals surface area (Å²) >= 11 is 5.97. The Morgan fingerprint density at radius 2 is 1.85 bits per heavy atom. The smallest absolute Gasteiger partial charge is 0.128 e. The summed E-state index contributed by atoms with van der Waals surface area (Å²) in [5.41, 5.74) is 1.96. The zero-order valence-electron chi connectivity index (χ0n) is 11.3. The van der Waals surface area contributed by atoms with Gasteiger partial charge in [0.05, 0.1) is 11.4 Å². The van der Waals surface area contributed by atoms with Crippen LogP contribution in [0.3, 0.4) is 0 Å². The second-order valence-corrected chi connectivity index (χ2v) is 5.08. The summed E-state index contributed by atoms with van der Waals surface area (Å²) in [5, 5.41) is 3.67. The Morgan fingerprint density at radius 1 is 1.10 bits per heavy atom. The minimum atomic E-state index is -0.456. The molecule has 1 N–H and O–H groups in total. The fourth-order valence-corrected chi connectivity index (χ4v) is 2.08. The van der Waals surface area contributed by atoms with E-state index in [2.05, 4.69) is 5.32 Å². The molecule has 0 bridgehead atoms. The molecule has 0 amide bonds. The van der Waals surface area contributed by atoms with E-state index in [9.17, 15) is 8.78 Å². The van der Waals surface area contributed by atoms with E-state index in [1.807, 2.05) is 25.1 Å². The van der Waals surface area contributed by atoms with E-state index in [4.69, 9.17) is 11.6 Å². The van der Waals surface area contributed by atoms with Crippen LogP contribution < -0.4 is 10.2 Å². The van der Waals surface area contributed by atoms with Crippen LogP contribution in [0.4, 0.5) is 20.2 Å². The first-order valence-corrected chi connectivity index (χ1v) is 6.50. The highest BCUT2D eigenvalue weighted by molar-refractivity contribution is 6.31. The number of hydrogen-bond donors (Lipinski definition) is 1. The average molecular weight is 297 g/mol. The molecule has 0 radical (unpaired) electrons. The zero-order valence-corrected chi connectivity index (χ0v) is 12.0. The molecule has 2 rings (SSSR count). The molecule has 0 heterocycles. The molecule has 106 valence electrons. The maximum absolute atomic E-state index is 13.6. The van der Waals surface area contributed by atoms with Crippen LogP contribution in [-0.4, -0.2) is 14.1 Å². The molecule has 0 unspecified atom stereocenters. The van der Waals surface area contributed by atoms with Gasteiger partial charge >= 0.3 is 0 Å². The summed E-state index contributed by atoms with van der Waals surface area (Å²) in [5.74, 6) is -0.894. The normalized spacial score (nSPS) is 10.4.